The number of carbonyl (C=O) groups is 1. The standard InChI is InChI=1S/C14H11ClN4O/c15-7-14(20)18-12-3-1-10(2-4-12)11-8-16-13-5-6-17-19(13)9-11/h1-6,8-9H,7H2,(H,18,20). The highest BCUT2D eigenvalue weighted by molar-refractivity contribution is 6.29. The average molecular weight is 287 g/mol. The fourth-order valence-electron chi connectivity index (χ4n) is 1.90. The van der Waals surface area contributed by atoms with Crippen LogP contribution in [0.1, 0.15) is 0 Å². The van der Waals surface area contributed by atoms with Crippen LogP contribution in [0.15, 0.2) is 48.9 Å². The Morgan fingerprint density at radius 3 is 2.75 bits per heavy atom. The third-order valence-electron chi connectivity index (χ3n) is 2.87. The van der Waals surface area contributed by atoms with Gasteiger partial charge in [0, 0.05) is 29.7 Å². The minimum Gasteiger partial charge on any atom is -0.325 e. The predicted octanol–water partition coefficient (Wildman–Crippen LogP) is 2.57. The van der Waals surface area contributed by atoms with Gasteiger partial charge < -0.3 is 5.32 Å². The minimum atomic E-state index is -0.223. The lowest BCUT2D eigenvalue weighted by molar-refractivity contribution is -0.113. The summed E-state index contributed by atoms with van der Waals surface area (Å²) in [7, 11) is 0. The quantitative estimate of drug-likeness (QED) is 0.753. The molecule has 2 heterocycles. The lowest BCUT2D eigenvalue weighted by Gasteiger charge is -2.05. The largest absolute Gasteiger partial charge is 0.325 e. The molecule has 0 radical (unpaired) electrons. The molecule has 100 valence electrons. The van der Waals surface area contributed by atoms with Gasteiger partial charge in [0.25, 0.3) is 0 Å². The Balaban J connectivity index is 1.88. The molecule has 0 aliphatic carbocycles. The molecule has 1 amide bonds. The first kappa shape index (κ1) is 12.6. The summed E-state index contributed by atoms with van der Waals surface area (Å²) in [5, 5.41) is 6.85. The van der Waals surface area contributed by atoms with E-state index in [0.717, 1.165) is 16.8 Å². The molecule has 3 aromatic rings. The van der Waals surface area contributed by atoms with Crippen molar-refractivity contribution in [3.8, 4) is 11.1 Å². The Morgan fingerprint density at radius 1 is 1.20 bits per heavy atom. The van der Waals surface area contributed by atoms with E-state index in [1.165, 1.54) is 0 Å². The van der Waals surface area contributed by atoms with Gasteiger partial charge in [0.2, 0.25) is 5.91 Å². The number of rotatable bonds is 3. The van der Waals surface area contributed by atoms with Crippen molar-refractivity contribution in [1.82, 2.24) is 14.6 Å². The number of carbonyl (C=O) groups excluding carboxylic acids is 1. The number of aromatic nitrogens is 3. The lowest BCUT2D eigenvalue weighted by atomic mass is 10.1. The van der Waals surface area contributed by atoms with E-state index in [-0.39, 0.29) is 11.8 Å². The SMILES string of the molecule is O=C(CCl)Nc1ccc(-c2cnc3ccnn3c2)cc1. The van der Waals surface area contributed by atoms with E-state index in [1.807, 2.05) is 36.5 Å². The predicted molar refractivity (Wildman–Crippen MR) is 77.8 cm³/mol. The zero-order chi connectivity index (χ0) is 13.9. The summed E-state index contributed by atoms with van der Waals surface area (Å²) in [6, 6.07) is 9.32. The van der Waals surface area contributed by atoms with Crippen molar-refractivity contribution in [1.29, 1.82) is 0 Å². The van der Waals surface area contributed by atoms with Crippen LogP contribution in [0.5, 0.6) is 0 Å². The number of nitrogens with zero attached hydrogens (tertiary/aromatic N) is 3. The maximum absolute atomic E-state index is 11.2. The number of hydrogen-bond donors (Lipinski definition) is 1. The molecule has 1 aromatic carbocycles. The Morgan fingerprint density at radius 2 is 2.00 bits per heavy atom. The maximum atomic E-state index is 11.2. The fraction of sp³-hybridized carbons (Fsp3) is 0.0714. The average Bonchev–Trinajstić information content (AvgIpc) is 2.95. The monoisotopic (exact) mass is 286 g/mol. The molecule has 0 saturated heterocycles. The molecule has 2 aromatic heterocycles. The Bertz CT molecular complexity index is 751. The summed E-state index contributed by atoms with van der Waals surface area (Å²) >= 11 is 5.44. The summed E-state index contributed by atoms with van der Waals surface area (Å²) in [6.45, 7) is 0. The van der Waals surface area contributed by atoms with E-state index in [2.05, 4.69) is 15.4 Å². The summed E-state index contributed by atoms with van der Waals surface area (Å²) in [6.07, 6.45) is 5.41. The number of anilines is 1. The van der Waals surface area contributed by atoms with Crippen molar-refractivity contribution >= 4 is 28.8 Å². The van der Waals surface area contributed by atoms with Crippen LogP contribution < -0.4 is 5.32 Å². The second-order valence-electron chi connectivity index (χ2n) is 4.24. The van der Waals surface area contributed by atoms with Gasteiger partial charge in [-0.1, -0.05) is 12.1 Å². The van der Waals surface area contributed by atoms with E-state index in [4.69, 9.17) is 11.6 Å². The molecule has 0 aliphatic heterocycles. The van der Waals surface area contributed by atoms with E-state index >= 15 is 0 Å². The molecule has 0 bridgehead atoms. The zero-order valence-corrected chi connectivity index (χ0v) is 11.2. The van der Waals surface area contributed by atoms with Gasteiger partial charge in [-0.2, -0.15) is 5.10 Å². The third kappa shape index (κ3) is 2.48. The van der Waals surface area contributed by atoms with Crippen molar-refractivity contribution in [3.63, 3.8) is 0 Å². The number of amides is 1. The van der Waals surface area contributed by atoms with Gasteiger partial charge in [-0.15, -0.1) is 11.6 Å². The van der Waals surface area contributed by atoms with Crippen LogP contribution in [0.4, 0.5) is 5.69 Å². The van der Waals surface area contributed by atoms with Crippen molar-refractivity contribution in [2.75, 3.05) is 11.2 Å². The molecule has 0 fully saturated rings. The summed E-state index contributed by atoms with van der Waals surface area (Å²) < 4.78 is 1.72. The summed E-state index contributed by atoms with van der Waals surface area (Å²) in [5.74, 6) is -0.277. The van der Waals surface area contributed by atoms with Crippen LogP contribution in [0.3, 0.4) is 0 Å². The van der Waals surface area contributed by atoms with Crippen molar-refractivity contribution in [3.05, 3.63) is 48.9 Å². The van der Waals surface area contributed by atoms with Gasteiger partial charge in [-0.05, 0) is 17.7 Å². The summed E-state index contributed by atoms with van der Waals surface area (Å²) in [4.78, 5) is 15.5. The van der Waals surface area contributed by atoms with E-state index in [1.54, 1.807) is 16.9 Å². The minimum absolute atomic E-state index is 0.0539. The molecule has 5 nitrogen and oxygen atoms in total. The van der Waals surface area contributed by atoms with Crippen molar-refractivity contribution < 1.29 is 4.79 Å². The molecule has 0 spiro atoms. The second-order valence-corrected chi connectivity index (χ2v) is 4.50. The molecule has 0 atom stereocenters. The van der Waals surface area contributed by atoms with Gasteiger partial charge in [-0.3, -0.25) is 4.79 Å². The Kier molecular flexibility index (Phi) is 3.35. The van der Waals surface area contributed by atoms with Gasteiger partial charge in [0.15, 0.2) is 5.65 Å². The Labute approximate surface area is 120 Å². The first-order valence-electron chi connectivity index (χ1n) is 6.02. The molecule has 0 aliphatic rings. The number of benzene rings is 1. The second kappa shape index (κ2) is 5.30. The number of halogens is 1. The van der Waals surface area contributed by atoms with Crippen LogP contribution in [-0.2, 0) is 4.79 Å². The van der Waals surface area contributed by atoms with Gasteiger partial charge in [-0.25, -0.2) is 9.50 Å². The van der Waals surface area contributed by atoms with Crippen LogP contribution in [-0.4, -0.2) is 26.4 Å². The molecule has 0 saturated carbocycles. The lowest BCUT2D eigenvalue weighted by Crippen LogP contribution is -2.12. The molecule has 1 N–H and O–H groups in total. The molecule has 6 heteroatoms. The summed E-state index contributed by atoms with van der Waals surface area (Å²) in [5.41, 5.74) is 3.47. The highest BCUT2D eigenvalue weighted by atomic mass is 35.5. The van der Waals surface area contributed by atoms with E-state index in [0.29, 0.717) is 5.69 Å². The Hall–Kier alpha value is -2.40. The maximum Gasteiger partial charge on any atom is 0.239 e. The highest BCUT2D eigenvalue weighted by Crippen LogP contribution is 2.20. The van der Waals surface area contributed by atoms with Crippen LogP contribution in [0.25, 0.3) is 16.8 Å². The number of alkyl halides is 1. The smallest absolute Gasteiger partial charge is 0.239 e. The molecular weight excluding hydrogens is 276 g/mol. The molecule has 20 heavy (non-hydrogen) atoms. The normalized spacial score (nSPS) is 10.7. The van der Waals surface area contributed by atoms with Gasteiger partial charge in [0.05, 0.1) is 6.20 Å². The van der Waals surface area contributed by atoms with Crippen LogP contribution in [0.2, 0.25) is 0 Å². The molecule has 3 rings (SSSR count). The van der Waals surface area contributed by atoms with Crippen molar-refractivity contribution in [2.24, 2.45) is 0 Å². The number of fused-ring (bicyclic) bond motifs is 1. The molecule has 0 unspecified atom stereocenters. The van der Waals surface area contributed by atoms with Crippen LogP contribution >= 0.6 is 11.6 Å². The highest BCUT2D eigenvalue weighted by Gasteiger charge is 2.03. The fourth-order valence-corrected chi connectivity index (χ4v) is 1.97. The topological polar surface area (TPSA) is 59.3 Å². The first-order chi connectivity index (χ1) is 9.76. The van der Waals surface area contributed by atoms with Gasteiger partial charge in [0.1, 0.15) is 5.88 Å². The van der Waals surface area contributed by atoms with E-state index < -0.39 is 0 Å². The number of hydrogen-bond acceptors (Lipinski definition) is 3. The van der Waals surface area contributed by atoms with Crippen molar-refractivity contribution in [2.45, 2.75) is 0 Å². The van der Waals surface area contributed by atoms with Gasteiger partial charge >= 0.3 is 0 Å². The van der Waals surface area contributed by atoms with Crippen LogP contribution in [0, 0.1) is 0 Å². The molecular formula is C14H11ClN4O. The third-order valence-corrected chi connectivity index (χ3v) is 3.11. The van der Waals surface area contributed by atoms with E-state index in [9.17, 15) is 4.79 Å². The zero-order valence-electron chi connectivity index (χ0n) is 10.5. The number of nitrogens with one attached hydrogen (secondary N) is 1. The first-order valence-corrected chi connectivity index (χ1v) is 6.55.